The minimum absolute atomic E-state index is 0.555. The fourth-order valence-electron chi connectivity index (χ4n) is 3.07. The predicted octanol–water partition coefficient (Wildman–Crippen LogP) is 1.42. The van der Waals surface area contributed by atoms with Crippen LogP contribution in [0.4, 0.5) is 11.8 Å². The van der Waals surface area contributed by atoms with Gasteiger partial charge in [-0.05, 0) is 19.8 Å². The molecule has 2 aliphatic rings. The Morgan fingerprint density at radius 3 is 2.57 bits per heavy atom. The van der Waals surface area contributed by atoms with Gasteiger partial charge in [0.05, 0.1) is 0 Å². The molecule has 1 aromatic heterocycles. The fraction of sp³-hybridized carbons (Fsp3) is 0.667. The molecule has 1 N–H and O–H groups in total. The maximum atomic E-state index is 10.8. The predicted molar refractivity (Wildman–Crippen MR) is 82.5 cm³/mol. The van der Waals surface area contributed by atoms with Crippen LogP contribution in [0.1, 0.15) is 31.4 Å². The third-order valence-electron chi connectivity index (χ3n) is 4.30. The summed E-state index contributed by atoms with van der Waals surface area (Å²) in [6.07, 6.45) is 6.00. The van der Waals surface area contributed by atoms with Gasteiger partial charge in [0.15, 0.2) is 0 Å². The largest absolute Gasteiger partial charge is 0.367 e. The second-order valence-corrected chi connectivity index (χ2v) is 5.95. The average Bonchev–Trinajstić information content (AvgIpc) is 2.99. The molecule has 6 heteroatoms. The Hall–Kier alpha value is -1.85. The van der Waals surface area contributed by atoms with E-state index >= 15 is 0 Å². The molecule has 1 saturated heterocycles. The van der Waals surface area contributed by atoms with Crippen LogP contribution in [0.2, 0.25) is 0 Å². The lowest BCUT2D eigenvalue weighted by atomic mass is 10.2. The highest BCUT2D eigenvalue weighted by Gasteiger charge is 2.20. The summed E-state index contributed by atoms with van der Waals surface area (Å²) in [6.45, 7) is 5.08. The van der Waals surface area contributed by atoms with Gasteiger partial charge in [-0.15, -0.1) is 0 Å². The molecule has 1 aromatic rings. The van der Waals surface area contributed by atoms with Crippen LogP contribution in [0.15, 0.2) is 6.07 Å². The second-order valence-electron chi connectivity index (χ2n) is 5.95. The number of amides is 1. The molecule has 3 rings (SSSR count). The Bertz CT molecular complexity index is 493. The molecule has 1 aliphatic heterocycles. The lowest BCUT2D eigenvalue weighted by molar-refractivity contribution is -0.118. The summed E-state index contributed by atoms with van der Waals surface area (Å²) in [5, 5.41) is 3.54. The number of nitrogens with zero attached hydrogens (tertiary/aromatic N) is 4. The molecule has 1 amide bonds. The molecular weight excluding hydrogens is 266 g/mol. The van der Waals surface area contributed by atoms with E-state index in [1.807, 2.05) is 13.0 Å². The molecule has 0 radical (unpaired) electrons. The summed E-state index contributed by atoms with van der Waals surface area (Å²) in [5.74, 6) is 1.71. The lowest BCUT2D eigenvalue weighted by Crippen LogP contribution is -2.46. The van der Waals surface area contributed by atoms with Crippen molar-refractivity contribution in [2.24, 2.45) is 0 Å². The van der Waals surface area contributed by atoms with Gasteiger partial charge in [0.25, 0.3) is 0 Å². The van der Waals surface area contributed by atoms with E-state index < -0.39 is 0 Å². The minimum atomic E-state index is 0.555. The third kappa shape index (κ3) is 3.43. The van der Waals surface area contributed by atoms with E-state index in [1.54, 1.807) is 4.90 Å². The standard InChI is InChI=1S/C15H23N5O/c1-12-10-14(17-13-4-2-3-5-13)18-15(16-12)20-8-6-19(11-21)7-9-20/h10-11,13H,2-9H2,1H3,(H,16,17,18). The first kappa shape index (κ1) is 14.1. The van der Waals surface area contributed by atoms with Crippen molar-refractivity contribution >= 4 is 18.2 Å². The molecule has 0 atom stereocenters. The summed E-state index contributed by atoms with van der Waals surface area (Å²) in [4.78, 5) is 23.9. The van der Waals surface area contributed by atoms with Gasteiger partial charge in [0.1, 0.15) is 5.82 Å². The Labute approximate surface area is 125 Å². The Kier molecular flexibility index (Phi) is 4.22. The van der Waals surface area contributed by atoms with E-state index in [0.717, 1.165) is 50.0 Å². The number of rotatable bonds is 4. The number of aromatic nitrogens is 2. The highest BCUT2D eigenvalue weighted by atomic mass is 16.1. The van der Waals surface area contributed by atoms with Crippen molar-refractivity contribution in [2.75, 3.05) is 36.4 Å². The van der Waals surface area contributed by atoms with E-state index in [2.05, 4.69) is 20.2 Å². The fourth-order valence-corrected chi connectivity index (χ4v) is 3.07. The number of carbonyl (C=O) groups excluding carboxylic acids is 1. The van der Waals surface area contributed by atoms with Crippen LogP contribution in [-0.4, -0.2) is 53.5 Å². The maximum absolute atomic E-state index is 10.8. The van der Waals surface area contributed by atoms with Crippen molar-refractivity contribution < 1.29 is 4.79 Å². The molecule has 1 saturated carbocycles. The van der Waals surface area contributed by atoms with Gasteiger partial charge in [0.2, 0.25) is 12.4 Å². The van der Waals surface area contributed by atoms with Gasteiger partial charge in [-0.2, -0.15) is 4.98 Å². The molecule has 6 nitrogen and oxygen atoms in total. The average molecular weight is 289 g/mol. The van der Waals surface area contributed by atoms with Crippen molar-refractivity contribution in [1.82, 2.24) is 14.9 Å². The van der Waals surface area contributed by atoms with Gasteiger partial charge < -0.3 is 15.1 Å². The highest BCUT2D eigenvalue weighted by molar-refractivity contribution is 5.49. The molecule has 2 heterocycles. The molecule has 0 unspecified atom stereocenters. The Morgan fingerprint density at radius 2 is 1.90 bits per heavy atom. The van der Waals surface area contributed by atoms with E-state index in [4.69, 9.17) is 0 Å². The van der Waals surface area contributed by atoms with Crippen molar-refractivity contribution in [3.05, 3.63) is 11.8 Å². The van der Waals surface area contributed by atoms with E-state index in [1.165, 1.54) is 25.7 Å². The molecule has 2 fully saturated rings. The highest BCUT2D eigenvalue weighted by Crippen LogP contribution is 2.23. The summed E-state index contributed by atoms with van der Waals surface area (Å²) in [7, 11) is 0. The zero-order valence-electron chi connectivity index (χ0n) is 12.6. The monoisotopic (exact) mass is 289 g/mol. The van der Waals surface area contributed by atoms with Crippen molar-refractivity contribution in [3.63, 3.8) is 0 Å². The SMILES string of the molecule is Cc1cc(NC2CCCC2)nc(N2CCN(C=O)CC2)n1. The van der Waals surface area contributed by atoms with Gasteiger partial charge in [-0.3, -0.25) is 4.79 Å². The van der Waals surface area contributed by atoms with Crippen LogP contribution in [0.3, 0.4) is 0 Å². The number of carbonyl (C=O) groups is 1. The Morgan fingerprint density at radius 1 is 1.19 bits per heavy atom. The van der Waals surface area contributed by atoms with Gasteiger partial charge >= 0.3 is 0 Å². The molecule has 21 heavy (non-hydrogen) atoms. The number of hydrogen-bond acceptors (Lipinski definition) is 5. The van der Waals surface area contributed by atoms with E-state index in [9.17, 15) is 4.79 Å². The zero-order valence-corrected chi connectivity index (χ0v) is 12.6. The maximum Gasteiger partial charge on any atom is 0.227 e. The van der Waals surface area contributed by atoms with E-state index in [0.29, 0.717) is 6.04 Å². The first-order valence-electron chi connectivity index (χ1n) is 7.81. The smallest absolute Gasteiger partial charge is 0.227 e. The van der Waals surface area contributed by atoms with Crippen molar-refractivity contribution in [3.8, 4) is 0 Å². The first-order valence-corrected chi connectivity index (χ1v) is 7.81. The van der Waals surface area contributed by atoms with Crippen molar-refractivity contribution in [2.45, 2.75) is 38.6 Å². The van der Waals surface area contributed by atoms with Crippen molar-refractivity contribution in [1.29, 1.82) is 0 Å². The number of aryl methyl sites for hydroxylation is 1. The van der Waals surface area contributed by atoms with Gasteiger partial charge in [-0.25, -0.2) is 4.98 Å². The molecule has 0 bridgehead atoms. The van der Waals surface area contributed by atoms with Crippen LogP contribution in [-0.2, 0) is 4.79 Å². The van der Waals surface area contributed by atoms with E-state index in [-0.39, 0.29) is 0 Å². The third-order valence-corrected chi connectivity index (χ3v) is 4.30. The molecule has 1 aliphatic carbocycles. The van der Waals surface area contributed by atoms with Crippen LogP contribution in [0.5, 0.6) is 0 Å². The van der Waals surface area contributed by atoms with Crippen LogP contribution in [0.25, 0.3) is 0 Å². The van der Waals surface area contributed by atoms with Gasteiger partial charge in [-0.1, -0.05) is 12.8 Å². The molecule has 114 valence electrons. The molecule has 0 aromatic carbocycles. The quantitative estimate of drug-likeness (QED) is 0.849. The van der Waals surface area contributed by atoms with Gasteiger partial charge in [0, 0.05) is 44.0 Å². The topological polar surface area (TPSA) is 61.4 Å². The zero-order chi connectivity index (χ0) is 14.7. The summed E-state index contributed by atoms with van der Waals surface area (Å²) in [6, 6.07) is 2.57. The summed E-state index contributed by atoms with van der Waals surface area (Å²) in [5.41, 5.74) is 0.985. The number of piperazine rings is 1. The number of hydrogen-bond donors (Lipinski definition) is 1. The van der Waals surface area contributed by atoms with Crippen LogP contribution in [0, 0.1) is 6.92 Å². The second kappa shape index (κ2) is 6.28. The number of nitrogens with one attached hydrogen (secondary N) is 1. The number of anilines is 2. The Balaban J connectivity index is 1.70. The van der Waals surface area contributed by atoms with Crippen LogP contribution < -0.4 is 10.2 Å². The summed E-state index contributed by atoms with van der Waals surface area (Å²) < 4.78 is 0. The first-order chi connectivity index (χ1) is 10.2. The minimum Gasteiger partial charge on any atom is -0.367 e. The molecule has 0 spiro atoms. The lowest BCUT2D eigenvalue weighted by Gasteiger charge is -2.32. The summed E-state index contributed by atoms with van der Waals surface area (Å²) >= 11 is 0. The molecular formula is C15H23N5O. The normalized spacial score (nSPS) is 19.9. The van der Waals surface area contributed by atoms with Crippen LogP contribution >= 0.6 is 0 Å².